The summed E-state index contributed by atoms with van der Waals surface area (Å²) in [4.78, 5) is 13.7. The van der Waals surface area contributed by atoms with Crippen molar-refractivity contribution in [3.8, 4) is 56.7 Å². The molecule has 0 aliphatic rings. The zero-order valence-corrected chi connectivity index (χ0v) is 28.4. The Bertz CT molecular complexity index is 4550. The number of rotatable bonds is 6. The normalized spacial score (nSPS) is 17.6. The van der Waals surface area contributed by atoms with E-state index in [0.29, 0.717) is 5.56 Å². The highest BCUT2D eigenvalue weighted by Gasteiger charge is 2.23. The lowest BCUT2D eigenvalue weighted by Gasteiger charge is -2.14. The molecule has 3 aromatic heterocycles. The molecule has 0 saturated carbocycles. The quantitative estimate of drug-likeness (QED) is 0.171. The van der Waals surface area contributed by atoms with Crippen molar-refractivity contribution in [2.75, 3.05) is 0 Å². The predicted molar refractivity (Wildman–Crippen MR) is 230 cm³/mol. The molecule has 11 aromatic rings. The third kappa shape index (κ3) is 5.21. The molecule has 0 aliphatic carbocycles. The largest absolute Gasteiger partial charge is 0.307 e. The van der Waals surface area contributed by atoms with Gasteiger partial charge in [-0.1, -0.05) is 175 Å². The number of hydrogen-bond donors (Lipinski definition) is 0. The topological polar surface area (TPSA) is 48.5 Å². The van der Waals surface area contributed by atoms with Crippen molar-refractivity contribution in [1.29, 1.82) is 0 Å². The second-order valence-corrected chi connectivity index (χ2v) is 12.3. The van der Waals surface area contributed by atoms with Gasteiger partial charge in [0.05, 0.1) is 55.0 Å². The fraction of sp³-hybridized carbons (Fsp3) is 0. The SMILES string of the molecule is [2H]c1c([2H])c([2H])c(-c2nc(-c3c([2H])c([2H])c(-c4c([2H])c([2H])c([2H])c([2H])c4[2H])c([2H])c3[2H])nc(-n3c4c([2H])c([2H])c([2H])c([2H])c4c4c([2H])c([2H])c5c6c([2H])c([2H])c([2H])c([2H])c6n(-c6ccc(-c7ccccc7)cc6)c5c43)n2)c([2H])c1[2H]. The number of fused-ring (bicyclic) bond motifs is 7. The van der Waals surface area contributed by atoms with E-state index >= 15 is 0 Å². The highest BCUT2D eigenvalue weighted by Crippen LogP contribution is 2.42. The van der Waals surface area contributed by atoms with E-state index in [9.17, 15) is 13.7 Å². The number of nitrogens with zero attached hydrogens (tertiary/aromatic N) is 5. The van der Waals surface area contributed by atoms with Gasteiger partial charge in [-0.3, -0.25) is 4.57 Å². The summed E-state index contributed by atoms with van der Waals surface area (Å²) in [6, 6.07) is -3.88. The van der Waals surface area contributed by atoms with Crippen LogP contribution in [-0.2, 0) is 0 Å². The lowest BCUT2D eigenvalue weighted by Crippen LogP contribution is -2.07. The van der Waals surface area contributed by atoms with E-state index < -0.39 is 196 Å². The van der Waals surface area contributed by atoms with Crippen molar-refractivity contribution in [3.05, 3.63) is 200 Å². The molecule has 0 atom stereocenters. The average molecular weight is 740 g/mol. The molecule has 3 heterocycles. The molecule has 0 spiro atoms. The Morgan fingerprint density at radius 2 is 0.804 bits per heavy atom. The van der Waals surface area contributed by atoms with E-state index in [2.05, 4.69) is 15.0 Å². The highest BCUT2D eigenvalue weighted by molar-refractivity contribution is 6.23. The zero-order chi connectivity index (χ0) is 57.9. The Morgan fingerprint density at radius 1 is 0.339 bits per heavy atom. The molecule has 0 aliphatic heterocycles. The van der Waals surface area contributed by atoms with Gasteiger partial charge in [0.25, 0.3) is 0 Å². The van der Waals surface area contributed by atoms with E-state index in [1.165, 1.54) is 4.57 Å². The predicted octanol–water partition coefficient (Wildman–Crippen LogP) is 12.7. The molecule has 5 nitrogen and oxygen atoms in total. The maximum atomic E-state index is 9.72. The fourth-order valence-corrected chi connectivity index (χ4v) is 6.68. The van der Waals surface area contributed by atoms with E-state index in [-0.39, 0.29) is 38.4 Å². The molecule has 56 heavy (non-hydrogen) atoms. The molecule has 11 rings (SSSR count). The maximum Gasteiger partial charge on any atom is 0.238 e. The molecule has 0 bridgehead atoms. The first-order valence-electron chi connectivity index (χ1n) is 28.9. The maximum absolute atomic E-state index is 9.72. The van der Waals surface area contributed by atoms with Crippen LogP contribution in [-0.4, -0.2) is 24.1 Å². The van der Waals surface area contributed by atoms with Crippen LogP contribution >= 0.6 is 0 Å². The molecule has 0 fully saturated rings. The Kier molecular flexibility index (Phi) is 3.73. The Labute approximate surface area is 357 Å². The standard InChI is InChI=1S/C51H33N5/c1-4-14-34(15-5-1)36-24-26-39(27-25-36)50-52-49(38-18-8-3-9-19-38)53-51(54-50)56-46-23-13-11-21-42(46)44-33-32-43-41-20-10-12-22-45(41)55(47(43)48(44)56)40-30-28-37(29-31-40)35-16-6-2-7-17-35/h1-33H/i1D,3D,4D,5D,8D,9D,10D,11D,12D,13D,14D,15D,18D,19D,20D,21D,22D,23D,24D,25D,26D,27D,32D,33D. The lowest BCUT2D eigenvalue weighted by atomic mass is 10.0. The Hall–Kier alpha value is -7.63. The summed E-state index contributed by atoms with van der Waals surface area (Å²) < 4.78 is 217. The van der Waals surface area contributed by atoms with Gasteiger partial charge in [-0.15, -0.1) is 0 Å². The van der Waals surface area contributed by atoms with Gasteiger partial charge in [0.2, 0.25) is 5.95 Å². The van der Waals surface area contributed by atoms with Gasteiger partial charge >= 0.3 is 0 Å². The molecular formula is C51H33N5. The Balaban J connectivity index is 1.38. The van der Waals surface area contributed by atoms with E-state index in [1.54, 1.807) is 24.3 Å². The number of aromatic nitrogens is 5. The van der Waals surface area contributed by atoms with Crippen LogP contribution in [0, 0.1) is 0 Å². The third-order valence-corrected chi connectivity index (χ3v) is 9.12. The van der Waals surface area contributed by atoms with Crippen LogP contribution in [0.4, 0.5) is 0 Å². The first-order chi connectivity index (χ1) is 37.8. The summed E-state index contributed by atoms with van der Waals surface area (Å²) >= 11 is 0. The van der Waals surface area contributed by atoms with Crippen molar-refractivity contribution in [1.82, 2.24) is 24.1 Å². The lowest BCUT2D eigenvalue weighted by molar-refractivity contribution is 0.953. The van der Waals surface area contributed by atoms with Crippen LogP contribution in [0.3, 0.4) is 0 Å². The van der Waals surface area contributed by atoms with Gasteiger partial charge in [-0.25, -0.2) is 4.98 Å². The van der Waals surface area contributed by atoms with Gasteiger partial charge in [-0.05, 0) is 46.5 Å². The van der Waals surface area contributed by atoms with Gasteiger partial charge in [0.15, 0.2) is 11.6 Å². The average Bonchev–Trinajstić information content (AvgIpc) is 3.58. The summed E-state index contributed by atoms with van der Waals surface area (Å²) in [5.41, 5.74) is -2.49. The monoisotopic (exact) mass is 739 g/mol. The van der Waals surface area contributed by atoms with Crippen molar-refractivity contribution in [2.45, 2.75) is 0 Å². The molecule has 0 unspecified atom stereocenters. The summed E-state index contributed by atoms with van der Waals surface area (Å²) in [6.07, 6.45) is 0. The summed E-state index contributed by atoms with van der Waals surface area (Å²) in [7, 11) is 0. The molecule has 8 aromatic carbocycles. The minimum absolute atomic E-state index is 0.198. The summed E-state index contributed by atoms with van der Waals surface area (Å²) in [5.74, 6) is -2.43. The van der Waals surface area contributed by atoms with Crippen LogP contribution in [0.25, 0.3) is 100 Å². The van der Waals surface area contributed by atoms with E-state index in [0.717, 1.165) is 10.1 Å². The third-order valence-electron chi connectivity index (χ3n) is 9.12. The van der Waals surface area contributed by atoms with Crippen LogP contribution in [0.15, 0.2) is 200 Å². The van der Waals surface area contributed by atoms with Crippen molar-refractivity contribution in [2.24, 2.45) is 0 Å². The fourth-order valence-electron chi connectivity index (χ4n) is 6.68. The van der Waals surface area contributed by atoms with Gasteiger partial charge in [-0.2, -0.15) is 9.97 Å². The minimum atomic E-state index is -0.988. The summed E-state index contributed by atoms with van der Waals surface area (Å²) in [5, 5.41) is -1.32. The molecule has 262 valence electrons. The number of benzene rings is 8. The van der Waals surface area contributed by atoms with E-state index in [1.807, 2.05) is 30.3 Å². The molecule has 0 N–H and O–H groups in total. The van der Waals surface area contributed by atoms with Crippen LogP contribution < -0.4 is 0 Å². The van der Waals surface area contributed by atoms with Gasteiger partial charge in [0, 0.05) is 38.4 Å². The number of hydrogen-bond acceptors (Lipinski definition) is 3. The first kappa shape index (κ1) is 16.0. The molecule has 0 saturated heterocycles. The smallest absolute Gasteiger partial charge is 0.238 e. The van der Waals surface area contributed by atoms with Gasteiger partial charge < -0.3 is 4.57 Å². The van der Waals surface area contributed by atoms with E-state index in [4.69, 9.17) is 19.2 Å². The highest BCUT2D eigenvalue weighted by atomic mass is 15.2. The first-order valence-corrected chi connectivity index (χ1v) is 16.9. The van der Waals surface area contributed by atoms with Crippen molar-refractivity contribution >= 4 is 43.6 Å². The molecule has 5 heteroatoms. The van der Waals surface area contributed by atoms with Crippen LogP contribution in [0.2, 0.25) is 0 Å². The molecule has 0 radical (unpaired) electrons. The van der Waals surface area contributed by atoms with Crippen LogP contribution in [0.1, 0.15) is 32.9 Å². The second-order valence-electron chi connectivity index (χ2n) is 12.3. The zero-order valence-electron chi connectivity index (χ0n) is 52.4. The minimum Gasteiger partial charge on any atom is -0.307 e. The molecule has 0 amide bonds. The second kappa shape index (κ2) is 13.0. The Morgan fingerprint density at radius 3 is 1.43 bits per heavy atom. The molecular weight excluding hydrogens is 683 g/mol. The van der Waals surface area contributed by atoms with Crippen LogP contribution in [0.5, 0.6) is 0 Å². The number of para-hydroxylation sites is 2. The van der Waals surface area contributed by atoms with Crippen molar-refractivity contribution in [3.63, 3.8) is 0 Å². The summed E-state index contributed by atoms with van der Waals surface area (Å²) in [6.45, 7) is 0. The van der Waals surface area contributed by atoms with Gasteiger partial charge in [0.1, 0.15) is 0 Å². The van der Waals surface area contributed by atoms with Crippen molar-refractivity contribution < 1.29 is 32.9 Å².